The van der Waals surface area contributed by atoms with E-state index in [1.807, 2.05) is 19.2 Å². The van der Waals surface area contributed by atoms with Gasteiger partial charge in [0.1, 0.15) is 5.82 Å². The van der Waals surface area contributed by atoms with Gasteiger partial charge in [-0.25, -0.2) is 4.98 Å². The SMILES string of the molecule is CCN1CCN(c2nc(NC)nc3ccccc23)CC1C. The minimum Gasteiger partial charge on any atom is -0.357 e. The minimum atomic E-state index is 0.551. The Kier molecular flexibility index (Phi) is 3.92. The molecule has 5 heteroatoms. The molecule has 0 aliphatic carbocycles. The summed E-state index contributed by atoms with van der Waals surface area (Å²) in [5, 5.41) is 4.20. The van der Waals surface area contributed by atoms with E-state index in [4.69, 9.17) is 4.98 Å². The lowest BCUT2D eigenvalue weighted by atomic mass is 10.1. The monoisotopic (exact) mass is 285 g/mol. The normalized spacial score (nSPS) is 20.0. The van der Waals surface area contributed by atoms with Gasteiger partial charge in [0.2, 0.25) is 5.95 Å². The number of benzene rings is 1. The minimum absolute atomic E-state index is 0.551. The van der Waals surface area contributed by atoms with Crippen LogP contribution in [0, 0.1) is 0 Å². The van der Waals surface area contributed by atoms with Gasteiger partial charge in [0, 0.05) is 38.1 Å². The number of hydrogen-bond acceptors (Lipinski definition) is 5. The third kappa shape index (κ3) is 2.65. The average Bonchev–Trinajstić information content (AvgIpc) is 2.53. The maximum absolute atomic E-state index is 4.71. The van der Waals surface area contributed by atoms with Crippen molar-refractivity contribution in [3.05, 3.63) is 24.3 Å². The highest BCUT2D eigenvalue weighted by molar-refractivity contribution is 5.90. The highest BCUT2D eigenvalue weighted by Crippen LogP contribution is 2.27. The maximum atomic E-state index is 4.71. The van der Waals surface area contributed by atoms with Gasteiger partial charge >= 0.3 is 0 Å². The Labute approximate surface area is 126 Å². The number of para-hydroxylation sites is 1. The van der Waals surface area contributed by atoms with Gasteiger partial charge in [0.25, 0.3) is 0 Å². The molecule has 3 rings (SSSR count). The number of likely N-dealkylation sites (N-methyl/N-ethyl adjacent to an activating group) is 1. The van der Waals surface area contributed by atoms with Crippen LogP contribution in [0.15, 0.2) is 24.3 Å². The molecular weight excluding hydrogens is 262 g/mol. The molecule has 21 heavy (non-hydrogen) atoms. The maximum Gasteiger partial charge on any atom is 0.224 e. The van der Waals surface area contributed by atoms with E-state index in [2.05, 4.69) is 46.1 Å². The van der Waals surface area contributed by atoms with Crippen LogP contribution in [0.2, 0.25) is 0 Å². The molecular formula is C16H23N5. The van der Waals surface area contributed by atoms with Crippen LogP contribution in [0.3, 0.4) is 0 Å². The van der Waals surface area contributed by atoms with Crippen molar-refractivity contribution in [2.75, 3.05) is 43.4 Å². The molecule has 112 valence electrons. The predicted molar refractivity (Wildman–Crippen MR) is 88.0 cm³/mol. The molecule has 0 bridgehead atoms. The summed E-state index contributed by atoms with van der Waals surface area (Å²) < 4.78 is 0. The average molecular weight is 285 g/mol. The Morgan fingerprint density at radius 3 is 2.76 bits per heavy atom. The second-order valence-electron chi connectivity index (χ2n) is 5.56. The fraction of sp³-hybridized carbons (Fsp3) is 0.500. The van der Waals surface area contributed by atoms with E-state index in [1.165, 1.54) is 0 Å². The molecule has 0 saturated carbocycles. The summed E-state index contributed by atoms with van der Waals surface area (Å²) in [6.07, 6.45) is 0. The Morgan fingerprint density at radius 2 is 2.05 bits per heavy atom. The van der Waals surface area contributed by atoms with Crippen LogP contribution in [0.5, 0.6) is 0 Å². The molecule has 1 fully saturated rings. The fourth-order valence-corrected chi connectivity index (χ4v) is 3.07. The molecule has 2 aromatic rings. The van der Waals surface area contributed by atoms with Crippen LogP contribution in [0.25, 0.3) is 10.9 Å². The van der Waals surface area contributed by atoms with Crippen LogP contribution in [-0.2, 0) is 0 Å². The van der Waals surface area contributed by atoms with E-state index in [0.717, 1.165) is 42.9 Å². The van der Waals surface area contributed by atoms with Gasteiger partial charge in [0.15, 0.2) is 0 Å². The Bertz CT molecular complexity index is 627. The van der Waals surface area contributed by atoms with Gasteiger partial charge in [-0.15, -0.1) is 0 Å². The Hall–Kier alpha value is -1.88. The second kappa shape index (κ2) is 5.85. The smallest absolute Gasteiger partial charge is 0.224 e. The van der Waals surface area contributed by atoms with Crippen LogP contribution in [0.4, 0.5) is 11.8 Å². The van der Waals surface area contributed by atoms with Gasteiger partial charge in [0.05, 0.1) is 5.52 Å². The van der Waals surface area contributed by atoms with Crippen LogP contribution < -0.4 is 10.2 Å². The summed E-state index contributed by atoms with van der Waals surface area (Å²) in [5.74, 6) is 1.74. The summed E-state index contributed by atoms with van der Waals surface area (Å²) >= 11 is 0. The molecule has 1 saturated heterocycles. The molecule has 5 nitrogen and oxygen atoms in total. The topological polar surface area (TPSA) is 44.3 Å². The lowest BCUT2D eigenvalue weighted by Gasteiger charge is -2.40. The van der Waals surface area contributed by atoms with Gasteiger partial charge < -0.3 is 10.2 Å². The fourth-order valence-electron chi connectivity index (χ4n) is 3.07. The summed E-state index contributed by atoms with van der Waals surface area (Å²) in [7, 11) is 1.87. The third-order valence-electron chi connectivity index (χ3n) is 4.28. The zero-order valence-corrected chi connectivity index (χ0v) is 13.0. The van der Waals surface area contributed by atoms with Crippen LogP contribution in [0.1, 0.15) is 13.8 Å². The zero-order chi connectivity index (χ0) is 14.8. The molecule has 0 radical (unpaired) electrons. The van der Waals surface area contributed by atoms with Crippen molar-refractivity contribution in [1.29, 1.82) is 0 Å². The number of anilines is 2. The van der Waals surface area contributed by atoms with Crippen molar-refractivity contribution in [3.63, 3.8) is 0 Å². The number of piperazine rings is 1. The van der Waals surface area contributed by atoms with Crippen molar-refractivity contribution in [3.8, 4) is 0 Å². The summed E-state index contributed by atoms with van der Waals surface area (Å²) in [4.78, 5) is 14.2. The first-order valence-electron chi connectivity index (χ1n) is 7.66. The Balaban J connectivity index is 1.99. The van der Waals surface area contributed by atoms with Crippen molar-refractivity contribution in [2.45, 2.75) is 19.9 Å². The van der Waals surface area contributed by atoms with Crippen molar-refractivity contribution >= 4 is 22.7 Å². The highest BCUT2D eigenvalue weighted by atomic mass is 15.3. The lowest BCUT2D eigenvalue weighted by molar-refractivity contribution is 0.199. The standard InChI is InChI=1S/C16H23N5/c1-4-20-9-10-21(11-12(20)2)15-13-7-5-6-8-14(13)18-16(17-3)19-15/h5-8,12H,4,9-11H2,1-3H3,(H,17,18,19). The summed E-state index contributed by atoms with van der Waals surface area (Å²) in [5.41, 5.74) is 0.998. The highest BCUT2D eigenvalue weighted by Gasteiger charge is 2.24. The molecule has 1 aromatic heterocycles. The number of aromatic nitrogens is 2. The number of fused-ring (bicyclic) bond motifs is 1. The van der Waals surface area contributed by atoms with Crippen molar-refractivity contribution in [1.82, 2.24) is 14.9 Å². The molecule has 1 aliphatic heterocycles. The largest absolute Gasteiger partial charge is 0.357 e. The van der Waals surface area contributed by atoms with Crippen LogP contribution in [-0.4, -0.2) is 54.1 Å². The van der Waals surface area contributed by atoms with Crippen molar-refractivity contribution < 1.29 is 0 Å². The van der Waals surface area contributed by atoms with E-state index in [1.54, 1.807) is 0 Å². The van der Waals surface area contributed by atoms with Crippen LogP contribution >= 0.6 is 0 Å². The summed E-state index contributed by atoms with van der Waals surface area (Å²) in [6, 6.07) is 8.79. The first kappa shape index (κ1) is 14.1. The molecule has 1 atom stereocenters. The van der Waals surface area contributed by atoms with Gasteiger partial charge in [-0.1, -0.05) is 19.1 Å². The third-order valence-corrected chi connectivity index (χ3v) is 4.28. The first-order valence-corrected chi connectivity index (χ1v) is 7.66. The van der Waals surface area contributed by atoms with E-state index in [0.29, 0.717) is 12.0 Å². The molecule has 1 N–H and O–H groups in total. The van der Waals surface area contributed by atoms with E-state index >= 15 is 0 Å². The van der Waals surface area contributed by atoms with Gasteiger partial charge in [-0.05, 0) is 25.6 Å². The molecule has 0 spiro atoms. The van der Waals surface area contributed by atoms with Gasteiger partial charge in [-0.3, -0.25) is 4.90 Å². The molecule has 0 amide bonds. The first-order chi connectivity index (χ1) is 10.2. The number of nitrogens with zero attached hydrogens (tertiary/aromatic N) is 4. The Morgan fingerprint density at radius 1 is 1.24 bits per heavy atom. The quantitative estimate of drug-likeness (QED) is 0.936. The zero-order valence-electron chi connectivity index (χ0n) is 13.0. The molecule has 1 unspecified atom stereocenters. The molecule has 1 aliphatic rings. The number of rotatable bonds is 3. The second-order valence-corrected chi connectivity index (χ2v) is 5.56. The molecule has 2 heterocycles. The predicted octanol–water partition coefficient (Wildman–Crippen LogP) is 2.20. The van der Waals surface area contributed by atoms with Crippen molar-refractivity contribution in [2.24, 2.45) is 0 Å². The number of hydrogen-bond donors (Lipinski definition) is 1. The lowest BCUT2D eigenvalue weighted by Crippen LogP contribution is -2.52. The molecule has 1 aromatic carbocycles. The van der Waals surface area contributed by atoms with Gasteiger partial charge in [-0.2, -0.15) is 4.98 Å². The number of nitrogens with one attached hydrogen (secondary N) is 1. The summed E-state index contributed by atoms with van der Waals surface area (Å²) in [6.45, 7) is 8.75. The van der Waals surface area contributed by atoms with E-state index < -0.39 is 0 Å². The van der Waals surface area contributed by atoms with E-state index in [9.17, 15) is 0 Å². The van der Waals surface area contributed by atoms with E-state index in [-0.39, 0.29) is 0 Å².